The fourth-order valence-electron chi connectivity index (χ4n) is 5.68. The number of hydrogen-bond donors (Lipinski definition) is 1. The van der Waals surface area contributed by atoms with Crippen molar-refractivity contribution in [1.29, 1.82) is 0 Å². The maximum absolute atomic E-state index is 14.0. The minimum atomic E-state index is -0.263. The number of carbonyl (C=O) groups is 2. The van der Waals surface area contributed by atoms with E-state index in [-0.39, 0.29) is 30.0 Å². The van der Waals surface area contributed by atoms with Crippen molar-refractivity contribution in [3.05, 3.63) is 70.8 Å². The van der Waals surface area contributed by atoms with Crippen LogP contribution >= 0.6 is 11.8 Å². The summed E-state index contributed by atoms with van der Waals surface area (Å²) in [6.45, 7) is 6.60. The lowest BCUT2D eigenvalue weighted by Gasteiger charge is -2.39. The molecule has 6 nitrogen and oxygen atoms in total. The van der Waals surface area contributed by atoms with Gasteiger partial charge in [-0.15, -0.1) is 0 Å². The molecule has 0 spiro atoms. The van der Waals surface area contributed by atoms with E-state index in [1.54, 1.807) is 11.8 Å². The van der Waals surface area contributed by atoms with E-state index in [0.717, 1.165) is 52.0 Å². The number of amides is 1. The summed E-state index contributed by atoms with van der Waals surface area (Å²) in [7, 11) is 0. The summed E-state index contributed by atoms with van der Waals surface area (Å²) in [5.41, 5.74) is 3.73. The Kier molecular flexibility index (Phi) is 7.60. The topological polar surface area (TPSA) is 63.6 Å². The van der Waals surface area contributed by atoms with Crippen LogP contribution in [0.3, 0.4) is 0 Å². The number of para-hydroxylation sites is 2. The van der Waals surface area contributed by atoms with Gasteiger partial charge in [0.2, 0.25) is 0 Å². The maximum Gasteiger partial charge on any atom is 0.325 e. The highest BCUT2D eigenvalue weighted by atomic mass is 32.2. The van der Waals surface area contributed by atoms with Crippen LogP contribution in [0.15, 0.2) is 59.5 Å². The highest BCUT2D eigenvalue weighted by molar-refractivity contribution is 8.05. The van der Waals surface area contributed by atoms with Crippen LogP contribution in [0.2, 0.25) is 0 Å². The molecule has 2 heterocycles. The van der Waals surface area contributed by atoms with Crippen LogP contribution in [0.25, 0.3) is 17.0 Å². The molecule has 0 radical (unpaired) electrons. The van der Waals surface area contributed by atoms with E-state index in [1.807, 2.05) is 73.0 Å². The summed E-state index contributed by atoms with van der Waals surface area (Å²) < 4.78 is 7.21. The lowest BCUT2D eigenvalue weighted by atomic mass is 9.85. The Morgan fingerprint density at radius 2 is 1.84 bits per heavy atom. The molecule has 1 saturated heterocycles. The number of carbonyl (C=O) groups excluding carboxylic acids is 2. The Hall–Kier alpha value is -3.19. The molecule has 1 aliphatic heterocycles. The van der Waals surface area contributed by atoms with Gasteiger partial charge in [0.25, 0.3) is 5.91 Å². The van der Waals surface area contributed by atoms with Gasteiger partial charge in [0, 0.05) is 33.9 Å². The zero-order chi connectivity index (χ0) is 25.9. The summed E-state index contributed by atoms with van der Waals surface area (Å²) in [5.74, 6) is 0.284. The molecule has 7 heteroatoms. The quantitative estimate of drug-likeness (QED) is 0.290. The fraction of sp³-hybridized carbons (Fsp3) is 0.400. The van der Waals surface area contributed by atoms with Crippen molar-refractivity contribution in [3.63, 3.8) is 0 Å². The minimum Gasteiger partial charge on any atom is -0.465 e. The van der Waals surface area contributed by atoms with E-state index in [0.29, 0.717) is 12.5 Å². The van der Waals surface area contributed by atoms with Crippen molar-refractivity contribution in [2.75, 3.05) is 11.9 Å². The summed E-state index contributed by atoms with van der Waals surface area (Å²) in [6.07, 6.45) is 6.59. The molecular weight excluding hydrogens is 482 g/mol. The van der Waals surface area contributed by atoms with Gasteiger partial charge in [-0.25, -0.2) is 0 Å². The first-order valence-electron chi connectivity index (χ1n) is 13.2. The van der Waals surface area contributed by atoms with Crippen molar-refractivity contribution in [2.45, 2.75) is 64.5 Å². The number of anilines is 1. The number of ether oxygens (including phenoxy) is 1. The monoisotopic (exact) mass is 517 g/mol. The Morgan fingerprint density at radius 1 is 1.11 bits per heavy atom. The molecule has 2 aromatic carbocycles. The molecule has 3 atom stereocenters. The molecule has 5 rings (SSSR count). The van der Waals surface area contributed by atoms with Gasteiger partial charge in [-0.2, -0.15) is 0 Å². The number of esters is 1. The van der Waals surface area contributed by atoms with Crippen molar-refractivity contribution in [3.8, 4) is 0 Å². The summed E-state index contributed by atoms with van der Waals surface area (Å²) in [4.78, 5) is 29.2. The van der Waals surface area contributed by atoms with Crippen molar-refractivity contribution in [2.24, 2.45) is 5.92 Å². The maximum atomic E-state index is 14.0. The van der Waals surface area contributed by atoms with Gasteiger partial charge in [-0.3, -0.25) is 9.59 Å². The normalized spacial score (nSPS) is 23.1. The predicted molar refractivity (Wildman–Crippen MR) is 151 cm³/mol. The van der Waals surface area contributed by atoms with Crippen molar-refractivity contribution >= 4 is 46.3 Å². The number of fused-ring (bicyclic) bond motifs is 1. The molecule has 2 aliphatic rings. The Morgan fingerprint density at radius 3 is 2.59 bits per heavy atom. The van der Waals surface area contributed by atoms with E-state index in [9.17, 15) is 9.59 Å². The number of rotatable bonds is 7. The van der Waals surface area contributed by atoms with Gasteiger partial charge >= 0.3 is 5.97 Å². The van der Waals surface area contributed by atoms with Gasteiger partial charge in [0.05, 0.1) is 11.5 Å². The summed E-state index contributed by atoms with van der Waals surface area (Å²) >= 11 is 1.59. The second kappa shape index (κ2) is 11.1. The predicted octanol–water partition coefficient (Wildman–Crippen LogP) is 6.40. The van der Waals surface area contributed by atoms with E-state index in [1.165, 1.54) is 6.42 Å². The second-order valence-corrected chi connectivity index (χ2v) is 11.1. The molecule has 1 aromatic heterocycles. The van der Waals surface area contributed by atoms with Crippen LogP contribution in [0.1, 0.15) is 50.8 Å². The van der Waals surface area contributed by atoms with Crippen LogP contribution in [-0.4, -0.2) is 39.5 Å². The first-order valence-corrected chi connectivity index (χ1v) is 14.1. The molecule has 1 saturated carbocycles. The SMILES string of the molecule is CCOC(=O)Cn1c(C)c(/C=C2\SC(Nc3ccccc3)N([C@@H]3CCCC[C@@H]3C)C2=O)c2ccccc21. The molecule has 194 valence electrons. The van der Waals surface area contributed by atoms with Gasteiger partial charge in [-0.1, -0.05) is 67.9 Å². The molecule has 2 fully saturated rings. The molecule has 37 heavy (non-hydrogen) atoms. The van der Waals surface area contributed by atoms with E-state index >= 15 is 0 Å². The number of hydrogen-bond acceptors (Lipinski definition) is 5. The average molecular weight is 518 g/mol. The third kappa shape index (κ3) is 5.14. The number of benzene rings is 2. The summed E-state index contributed by atoms with van der Waals surface area (Å²) in [5, 5.41) is 4.64. The largest absolute Gasteiger partial charge is 0.465 e. The fourth-order valence-corrected chi connectivity index (χ4v) is 6.87. The lowest BCUT2D eigenvalue weighted by molar-refractivity contribution is -0.143. The van der Waals surface area contributed by atoms with Crippen LogP contribution in [-0.2, 0) is 20.9 Å². The van der Waals surface area contributed by atoms with Gasteiger partial charge in [-0.05, 0) is 56.9 Å². The highest BCUT2D eigenvalue weighted by Crippen LogP contribution is 2.43. The third-order valence-electron chi connectivity index (χ3n) is 7.57. The Bertz CT molecular complexity index is 1320. The zero-order valence-corrected chi connectivity index (χ0v) is 22.6. The molecule has 0 bridgehead atoms. The molecular formula is C30H35N3O3S. The molecule has 1 aliphatic carbocycles. The highest BCUT2D eigenvalue weighted by Gasteiger charge is 2.43. The Balaban J connectivity index is 1.53. The molecule has 1 unspecified atom stereocenters. The van der Waals surface area contributed by atoms with Crippen LogP contribution < -0.4 is 5.32 Å². The van der Waals surface area contributed by atoms with Crippen molar-refractivity contribution in [1.82, 2.24) is 9.47 Å². The van der Waals surface area contributed by atoms with Crippen LogP contribution in [0, 0.1) is 12.8 Å². The molecule has 1 amide bonds. The number of thioether (sulfide) groups is 1. The third-order valence-corrected chi connectivity index (χ3v) is 8.69. The second-order valence-electron chi connectivity index (χ2n) is 9.94. The van der Waals surface area contributed by atoms with E-state index in [4.69, 9.17) is 4.74 Å². The molecule has 3 aromatic rings. The first kappa shape index (κ1) is 25.5. The lowest BCUT2D eigenvalue weighted by Crippen LogP contribution is -2.48. The molecule has 1 N–H and O–H groups in total. The minimum absolute atomic E-state index is 0.0822. The number of nitrogens with one attached hydrogen (secondary N) is 1. The average Bonchev–Trinajstić information content (AvgIpc) is 3.34. The van der Waals surface area contributed by atoms with E-state index in [2.05, 4.69) is 23.2 Å². The van der Waals surface area contributed by atoms with Crippen LogP contribution in [0.4, 0.5) is 5.69 Å². The van der Waals surface area contributed by atoms with Gasteiger partial charge in [0.1, 0.15) is 6.54 Å². The number of nitrogens with zero attached hydrogens (tertiary/aromatic N) is 2. The van der Waals surface area contributed by atoms with Crippen molar-refractivity contribution < 1.29 is 14.3 Å². The zero-order valence-electron chi connectivity index (χ0n) is 21.8. The van der Waals surface area contributed by atoms with E-state index < -0.39 is 0 Å². The smallest absolute Gasteiger partial charge is 0.325 e. The number of aromatic nitrogens is 1. The van der Waals surface area contributed by atoms with Gasteiger partial charge < -0.3 is 19.5 Å². The first-order chi connectivity index (χ1) is 18.0. The Labute approximate surface area is 223 Å². The van der Waals surface area contributed by atoms with Gasteiger partial charge in [0.15, 0.2) is 5.50 Å². The standard InChI is InChI=1S/C30H35N3O3S/c1-4-36-28(34)19-32-21(3)24(23-15-9-11-17-26(23)32)18-27-29(35)33(25-16-10-8-12-20(25)2)30(37-27)31-22-13-6-5-7-14-22/h5-7,9,11,13-15,17-18,20,25,30-31H,4,8,10,12,16,19H2,1-3H3/b27-18-/t20-,25+,30?/m0/s1. The van der Waals surface area contributed by atoms with Crippen LogP contribution in [0.5, 0.6) is 0 Å². The summed E-state index contributed by atoms with van der Waals surface area (Å²) in [6, 6.07) is 18.4.